The van der Waals surface area contributed by atoms with Gasteiger partial charge in [-0.05, 0) is 17.7 Å². The summed E-state index contributed by atoms with van der Waals surface area (Å²) in [5, 5.41) is 0. The second-order valence-corrected chi connectivity index (χ2v) is 4.50. The van der Waals surface area contributed by atoms with Gasteiger partial charge in [0.05, 0.1) is 14.2 Å². The number of hydrogen-bond acceptors (Lipinski definition) is 5. The smallest absolute Gasteiger partial charge is 0.241 e. The molecular weight excluding hydrogens is 252 g/mol. The summed E-state index contributed by atoms with van der Waals surface area (Å²) in [5.41, 5.74) is 0.688. The van der Waals surface area contributed by atoms with E-state index in [1.807, 2.05) is 0 Å². The number of aromatic nitrogens is 1. The predicted octanol–water partition coefficient (Wildman–Crippen LogP) is 1.38. The highest BCUT2D eigenvalue weighted by Crippen LogP contribution is 2.33. The summed E-state index contributed by atoms with van der Waals surface area (Å²) in [7, 11) is 3.07. The minimum absolute atomic E-state index is 0.0827. The zero-order valence-electron chi connectivity index (χ0n) is 10.4. The number of methoxy groups -OCH3 is 2. The van der Waals surface area contributed by atoms with Crippen LogP contribution in [0.5, 0.6) is 11.8 Å². The fourth-order valence-corrected chi connectivity index (χ4v) is 2.27. The first-order valence-electron chi connectivity index (χ1n) is 5.69. The van der Waals surface area contributed by atoms with E-state index >= 15 is 0 Å². The van der Waals surface area contributed by atoms with Gasteiger partial charge < -0.3 is 14.4 Å². The Kier molecular flexibility index (Phi) is 3.96. The number of pyridine rings is 1. The van der Waals surface area contributed by atoms with E-state index in [1.165, 1.54) is 7.11 Å². The lowest BCUT2D eigenvalue weighted by atomic mass is 10.1. The second-order valence-electron chi connectivity index (χ2n) is 4.14. The van der Waals surface area contributed by atoms with Gasteiger partial charge in [0.2, 0.25) is 17.7 Å². The number of anilines is 1. The third-order valence-corrected chi connectivity index (χ3v) is 3.49. The van der Waals surface area contributed by atoms with Crippen molar-refractivity contribution in [1.29, 1.82) is 0 Å². The molecule has 98 valence electrons. The molecule has 0 saturated carbocycles. The maximum Gasteiger partial charge on any atom is 0.241 e. The van der Waals surface area contributed by atoms with E-state index in [0.717, 1.165) is 0 Å². The maximum atomic E-state index is 11.9. The molecule has 5 nitrogen and oxygen atoms in total. The van der Waals surface area contributed by atoms with Crippen molar-refractivity contribution in [3.63, 3.8) is 0 Å². The zero-order valence-corrected chi connectivity index (χ0v) is 11.3. The molecule has 1 fully saturated rings. The van der Waals surface area contributed by atoms with Crippen LogP contribution in [0, 0.1) is 5.92 Å². The lowest BCUT2D eigenvalue weighted by molar-refractivity contribution is -0.117. The van der Waals surface area contributed by atoms with Gasteiger partial charge in [0.1, 0.15) is 5.69 Å². The average molecular weight is 268 g/mol. The molecule has 1 aliphatic heterocycles. The maximum absolute atomic E-state index is 11.9. The van der Waals surface area contributed by atoms with Gasteiger partial charge in [-0.1, -0.05) is 0 Å². The third-order valence-electron chi connectivity index (χ3n) is 2.97. The number of carbonyl (C=O) groups is 1. The highest BCUT2D eigenvalue weighted by atomic mass is 32.1. The average Bonchev–Trinajstić information content (AvgIpc) is 2.79. The molecule has 1 saturated heterocycles. The van der Waals surface area contributed by atoms with Crippen molar-refractivity contribution >= 4 is 24.2 Å². The van der Waals surface area contributed by atoms with E-state index in [0.29, 0.717) is 36.2 Å². The SMILES string of the molecule is COc1ccc(N2CC(CS)CC2=O)c(OC)n1. The van der Waals surface area contributed by atoms with Gasteiger partial charge in [0.25, 0.3) is 0 Å². The number of ether oxygens (including phenoxy) is 2. The van der Waals surface area contributed by atoms with Gasteiger partial charge in [-0.2, -0.15) is 17.6 Å². The van der Waals surface area contributed by atoms with E-state index in [4.69, 9.17) is 9.47 Å². The van der Waals surface area contributed by atoms with Crippen molar-refractivity contribution in [3.05, 3.63) is 12.1 Å². The van der Waals surface area contributed by atoms with Crippen molar-refractivity contribution in [1.82, 2.24) is 4.98 Å². The molecule has 2 rings (SSSR count). The number of amides is 1. The number of rotatable bonds is 4. The molecule has 18 heavy (non-hydrogen) atoms. The molecule has 1 aromatic rings. The molecule has 1 aromatic heterocycles. The number of hydrogen-bond donors (Lipinski definition) is 1. The van der Waals surface area contributed by atoms with Crippen molar-refractivity contribution < 1.29 is 14.3 Å². The Morgan fingerprint density at radius 1 is 1.44 bits per heavy atom. The van der Waals surface area contributed by atoms with Crippen LogP contribution in [-0.4, -0.2) is 37.4 Å². The molecule has 1 unspecified atom stereocenters. The molecule has 0 spiro atoms. The van der Waals surface area contributed by atoms with Crippen LogP contribution in [0.3, 0.4) is 0 Å². The highest BCUT2D eigenvalue weighted by Gasteiger charge is 2.31. The summed E-state index contributed by atoms with van der Waals surface area (Å²) in [6.45, 7) is 0.659. The lowest BCUT2D eigenvalue weighted by Gasteiger charge is -2.19. The minimum atomic E-state index is 0.0827. The van der Waals surface area contributed by atoms with Crippen LogP contribution in [0.1, 0.15) is 6.42 Å². The first-order chi connectivity index (χ1) is 8.69. The minimum Gasteiger partial charge on any atom is -0.481 e. The largest absolute Gasteiger partial charge is 0.481 e. The molecule has 1 amide bonds. The van der Waals surface area contributed by atoms with E-state index < -0.39 is 0 Å². The molecule has 0 aromatic carbocycles. The molecular formula is C12H16N2O3S. The molecule has 0 aliphatic carbocycles. The normalized spacial score (nSPS) is 19.2. The van der Waals surface area contributed by atoms with Crippen molar-refractivity contribution in [2.75, 3.05) is 31.4 Å². The van der Waals surface area contributed by atoms with Gasteiger partial charge in [0.15, 0.2) is 0 Å². The summed E-state index contributed by atoms with van der Waals surface area (Å²) in [6, 6.07) is 3.52. The summed E-state index contributed by atoms with van der Waals surface area (Å²) in [5.74, 6) is 1.94. The van der Waals surface area contributed by atoms with Crippen molar-refractivity contribution in [2.45, 2.75) is 6.42 Å². The topological polar surface area (TPSA) is 51.7 Å². The van der Waals surface area contributed by atoms with Gasteiger partial charge >= 0.3 is 0 Å². The Balaban J connectivity index is 2.30. The summed E-state index contributed by atoms with van der Waals surface area (Å²) in [6.07, 6.45) is 0.526. The third kappa shape index (κ3) is 2.38. The second kappa shape index (κ2) is 5.48. The van der Waals surface area contributed by atoms with Crippen LogP contribution in [0.4, 0.5) is 5.69 Å². The van der Waals surface area contributed by atoms with E-state index in [-0.39, 0.29) is 11.8 Å². The Morgan fingerprint density at radius 2 is 2.22 bits per heavy atom. The molecule has 0 bridgehead atoms. The molecule has 6 heteroatoms. The first-order valence-corrected chi connectivity index (χ1v) is 6.33. The van der Waals surface area contributed by atoms with Crippen molar-refractivity contribution in [2.24, 2.45) is 5.92 Å². The summed E-state index contributed by atoms with van der Waals surface area (Å²) in [4.78, 5) is 17.8. The summed E-state index contributed by atoms with van der Waals surface area (Å²) >= 11 is 4.24. The highest BCUT2D eigenvalue weighted by molar-refractivity contribution is 7.80. The number of thiol groups is 1. The summed E-state index contributed by atoms with van der Waals surface area (Å²) < 4.78 is 10.3. The predicted molar refractivity (Wildman–Crippen MR) is 71.7 cm³/mol. The van der Waals surface area contributed by atoms with E-state index in [9.17, 15) is 4.79 Å². The Morgan fingerprint density at radius 3 is 2.78 bits per heavy atom. The van der Waals surface area contributed by atoms with Crippen LogP contribution in [0.15, 0.2) is 12.1 Å². The molecule has 1 atom stereocenters. The van der Waals surface area contributed by atoms with Crippen LogP contribution in [0.25, 0.3) is 0 Å². The molecule has 0 N–H and O–H groups in total. The Bertz CT molecular complexity index is 453. The van der Waals surface area contributed by atoms with Gasteiger partial charge in [-0.3, -0.25) is 4.79 Å². The molecule has 0 radical (unpaired) electrons. The fraction of sp³-hybridized carbons (Fsp3) is 0.500. The van der Waals surface area contributed by atoms with Crippen LogP contribution in [-0.2, 0) is 4.79 Å². The zero-order chi connectivity index (χ0) is 13.1. The van der Waals surface area contributed by atoms with Crippen LogP contribution < -0.4 is 14.4 Å². The van der Waals surface area contributed by atoms with Gasteiger partial charge in [-0.25, -0.2) is 0 Å². The molecule has 1 aliphatic rings. The number of carbonyl (C=O) groups excluding carboxylic acids is 1. The quantitative estimate of drug-likeness (QED) is 0.838. The standard InChI is InChI=1S/C12H16N2O3S/c1-16-10-4-3-9(12(13-10)17-2)14-6-8(7-18)5-11(14)15/h3-4,8,18H,5-7H2,1-2H3. The lowest BCUT2D eigenvalue weighted by Crippen LogP contribution is -2.25. The van der Waals surface area contributed by atoms with E-state index in [2.05, 4.69) is 17.6 Å². The van der Waals surface area contributed by atoms with Gasteiger partial charge in [0, 0.05) is 19.0 Å². The first kappa shape index (κ1) is 13.0. The Labute approximate surface area is 112 Å². The van der Waals surface area contributed by atoms with Crippen molar-refractivity contribution in [3.8, 4) is 11.8 Å². The number of nitrogens with zero attached hydrogens (tertiary/aromatic N) is 2. The monoisotopic (exact) mass is 268 g/mol. The Hall–Kier alpha value is -1.43. The fourth-order valence-electron chi connectivity index (χ4n) is 2.02. The van der Waals surface area contributed by atoms with Gasteiger partial charge in [-0.15, -0.1) is 0 Å². The van der Waals surface area contributed by atoms with Crippen LogP contribution >= 0.6 is 12.6 Å². The molecule has 2 heterocycles. The van der Waals surface area contributed by atoms with Crippen LogP contribution in [0.2, 0.25) is 0 Å². The van der Waals surface area contributed by atoms with E-state index in [1.54, 1.807) is 24.1 Å².